The van der Waals surface area contributed by atoms with Crippen molar-refractivity contribution in [3.05, 3.63) is 29.3 Å². The number of hydrogen-bond acceptors (Lipinski definition) is 3. The molecule has 0 aliphatic carbocycles. The predicted octanol–water partition coefficient (Wildman–Crippen LogP) is 2.20. The Hall–Kier alpha value is -1.83. The number of nitrogens with two attached hydrogens (primary N) is 1. The van der Waals surface area contributed by atoms with Gasteiger partial charge in [-0.15, -0.1) is 0 Å². The summed E-state index contributed by atoms with van der Waals surface area (Å²) in [5.41, 5.74) is 4.39. The first-order valence-corrected chi connectivity index (χ1v) is 6.45. The number of carbonyl (C=O) groups excluding carboxylic acids is 1. The van der Waals surface area contributed by atoms with E-state index in [1.807, 2.05) is 0 Å². The number of carbonyl (C=O) groups is 1. The molecule has 0 heterocycles. The molecule has 0 spiro atoms. The standard InChI is InChI=1S/C13H15F3N2O2S/c1-3-18(2)11(19)7-20-10-5-4-8(12(17)21)6-9(10)13(14,15)16/h4-6H,3,7H2,1-2H3,(H2,17,21). The van der Waals surface area contributed by atoms with Crippen LogP contribution in [0.4, 0.5) is 13.2 Å². The van der Waals surface area contributed by atoms with Crippen molar-refractivity contribution in [2.45, 2.75) is 13.1 Å². The van der Waals surface area contributed by atoms with Gasteiger partial charge in [-0.05, 0) is 25.1 Å². The topological polar surface area (TPSA) is 55.6 Å². The van der Waals surface area contributed by atoms with Gasteiger partial charge in [-0.3, -0.25) is 4.79 Å². The minimum Gasteiger partial charge on any atom is -0.483 e. The van der Waals surface area contributed by atoms with Gasteiger partial charge in [0.15, 0.2) is 6.61 Å². The lowest BCUT2D eigenvalue weighted by molar-refractivity contribution is -0.140. The van der Waals surface area contributed by atoms with Crippen molar-refractivity contribution in [1.82, 2.24) is 4.90 Å². The van der Waals surface area contributed by atoms with Crippen LogP contribution in [0.1, 0.15) is 18.1 Å². The van der Waals surface area contributed by atoms with E-state index in [2.05, 4.69) is 12.2 Å². The third kappa shape index (κ3) is 4.59. The van der Waals surface area contributed by atoms with E-state index in [0.29, 0.717) is 6.54 Å². The lowest BCUT2D eigenvalue weighted by atomic mass is 10.1. The molecule has 2 N–H and O–H groups in total. The highest BCUT2D eigenvalue weighted by molar-refractivity contribution is 7.80. The van der Waals surface area contributed by atoms with Crippen LogP contribution in [0, 0.1) is 0 Å². The fraction of sp³-hybridized carbons (Fsp3) is 0.385. The average Bonchev–Trinajstić information content (AvgIpc) is 2.42. The summed E-state index contributed by atoms with van der Waals surface area (Å²) in [6.07, 6.45) is -4.63. The second-order valence-electron chi connectivity index (χ2n) is 4.27. The number of thiocarbonyl (C=S) groups is 1. The molecule has 0 unspecified atom stereocenters. The highest BCUT2D eigenvalue weighted by Gasteiger charge is 2.35. The molecule has 8 heteroatoms. The predicted molar refractivity (Wildman–Crippen MR) is 76.1 cm³/mol. The molecule has 0 saturated heterocycles. The van der Waals surface area contributed by atoms with Crippen LogP contribution in [0.25, 0.3) is 0 Å². The smallest absolute Gasteiger partial charge is 0.419 e. The molecular formula is C13H15F3N2O2S. The summed E-state index contributed by atoms with van der Waals surface area (Å²) >= 11 is 4.65. The van der Waals surface area contributed by atoms with Crippen LogP contribution < -0.4 is 10.5 Å². The number of amides is 1. The molecule has 0 bridgehead atoms. The number of ether oxygens (including phenoxy) is 1. The first-order valence-electron chi connectivity index (χ1n) is 6.04. The minimum atomic E-state index is -4.63. The Labute approximate surface area is 125 Å². The van der Waals surface area contributed by atoms with Gasteiger partial charge in [0, 0.05) is 19.2 Å². The third-order valence-corrected chi connectivity index (χ3v) is 3.06. The Bertz CT molecular complexity index is 547. The van der Waals surface area contributed by atoms with Gasteiger partial charge < -0.3 is 15.4 Å². The van der Waals surface area contributed by atoms with Gasteiger partial charge in [0.05, 0.1) is 5.56 Å². The van der Waals surface area contributed by atoms with Crippen LogP contribution in [0.3, 0.4) is 0 Å². The third-order valence-electron chi connectivity index (χ3n) is 2.82. The second-order valence-corrected chi connectivity index (χ2v) is 4.71. The minimum absolute atomic E-state index is 0.0849. The molecule has 4 nitrogen and oxygen atoms in total. The number of benzene rings is 1. The van der Waals surface area contributed by atoms with Gasteiger partial charge >= 0.3 is 6.18 Å². The van der Waals surface area contributed by atoms with Crippen LogP contribution in [-0.2, 0) is 11.0 Å². The monoisotopic (exact) mass is 320 g/mol. The van der Waals surface area contributed by atoms with Crippen molar-refractivity contribution in [1.29, 1.82) is 0 Å². The molecular weight excluding hydrogens is 305 g/mol. The maximum Gasteiger partial charge on any atom is 0.419 e. The van der Waals surface area contributed by atoms with Crippen molar-refractivity contribution in [3.63, 3.8) is 0 Å². The largest absolute Gasteiger partial charge is 0.483 e. The van der Waals surface area contributed by atoms with E-state index >= 15 is 0 Å². The molecule has 1 amide bonds. The molecule has 0 aromatic heterocycles. The van der Waals surface area contributed by atoms with Crippen LogP contribution in [-0.4, -0.2) is 36.0 Å². The lowest BCUT2D eigenvalue weighted by Gasteiger charge is -2.17. The van der Waals surface area contributed by atoms with Gasteiger partial charge in [0.1, 0.15) is 10.7 Å². The van der Waals surface area contributed by atoms with Crippen molar-refractivity contribution in [2.24, 2.45) is 5.73 Å². The highest BCUT2D eigenvalue weighted by atomic mass is 32.1. The quantitative estimate of drug-likeness (QED) is 0.845. The summed E-state index contributed by atoms with van der Waals surface area (Å²) in [5, 5.41) is 0. The molecule has 0 fully saturated rings. The number of alkyl halides is 3. The van der Waals surface area contributed by atoms with Crippen molar-refractivity contribution in [2.75, 3.05) is 20.2 Å². The molecule has 1 aromatic carbocycles. The van der Waals surface area contributed by atoms with Crippen LogP contribution in [0.2, 0.25) is 0 Å². The summed E-state index contributed by atoms with van der Waals surface area (Å²) in [4.78, 5) is 12.8. The van der Waals surface area contributed by atoms with Crippen molar-refractivity contribution >= 4 is 23.1 Å². The maximum absolute atomic E-state index is 13.0. The SMILES string of the molecule is CCN(C)C(=O)COc1ccc(C(N)=S)cc1C(F)(F)F. The van der Waals surface area contributed by atoms with E-state index < -0.39 is 30.0 Å². The Kier molecular flexibility index (Phi) is 5.54. The number of nitrogens with zero attached hydrogens (tertiary/aromatic N) is 1. The van der Waals surface area contributed by atoms with E-state index in [1.54, 1.807) is 6.92 Å². The number of hydrogen-bond donors (Lipinski definition) is 1. The normalized spacial score (nSPS) is 11.1. The van der Waals surface area contributed by atoms with Gasteiger partial charge in [0.2, 0.25) is 0 Å². The van der Waals surface area contributed by atoms with Crippen molar-refractivity contribution < 1.29 is 22.7 Å². The zero-order chi connectivity index (χ0) is 16.2. The average molecular weight is 320 g/mol. The first kappa shape index (κ1) is 17.2. The summed E-state index contributed by atoms with van der Waals surface area (Å²) < 4.78 is 43.9. The fourth-order valence-electron chi connectivity index (χ4n) is 1.46. The zero-order valence-corrected chi connectivity index (χ0v) is 12.3. The van der Waals surface area contributed by atoms with E-state index in [4.69, 9.17) is 10.5 Å². The Balaban J connectivity index is 3.02. The Morgan fingerprint density at radius 3 is 2.52 bits per heavy atom. The summed E-state index contributed by atoms with van der Waals surface area (Å²) in [6.45, 7) is 1.71. The molecule has 1 aromatic rings. The van der Waals surface area contributed by atoms with E-state index in [9.17, 15) is 18.0 Å². The molecule has 0 saturated carbocycles. The lowest BCUT2D eigenvalue weighted by Crippen LogP contribution is -2.31. The first-order chi connectivity index (χ1) is 9.66. The molecule has 0 aliphatic rings. The van der Waals surface area contributed by atoms with Crippen LogP contribution in [0.15, 0.2) is 18.2 Å². The molecule has 0 aliphatic heterocycles. The zero-order valence-electron chi connectivity index (χ0n) is 11.5. The molecule has 1 rings (SSSR count). The van der Waals surface area contributed by atoms with E-state index in [-0.39, 0.29) is 10.6 Å². The molecule has 0 atom stereocenters. The van der Waals surface area contributed by atoms with Crippen LogP contribution in [0.5, 0.6) is 5.75 Å². The fourth-order valence-corrected chi connectivity index (χ4v) is 1.58. The van der Waals surface area contributed by atoms with Gasteiger partial charge in [-0.2, -0.15) is 13.2 Å². The van der Waals surface area contributed by atoms with Gasteiger partial charge in [-0.25, -0.2) is 0 Å². The number of likely N-dealkylation sites (N-methyl/N-ethyl adjacent to an activating group) is 1. The van der Waals surface area contributed by atoms with Crippen molar-refractivity contribution in [3.8, 4) is 5.75 Å². The van der Waals surface area contributed by atoms with Gasteiger partial charge in [0.25, 0.3) is 5.91 Å². The number of halogens is 3. The summed E-state index contributed by atoms with van der Waals surface area (Å²) in [7, 11) is 1.53. The number of rotatable bonds is 5. The van der Waals surface area contributed by atoms with Gasteiger partial charge in [-0.1, -0.05) is 12.2 Å². The Morgan fingerprint density at radius 1 is 1.43 bits per heavy atom. The molecule has 116 valence electrons. The molecule has 21 heavy (non-hydrogen) atoms. The Morgan fingerprint density at radius 2 is 2.05 bits per heavy atom. The summed E-state index contributed by atoms with van der Waals surface area (Å²) in [6, 6.07) is 3.24. The maximum atomic E-state index is 13.0. The second kappa shape index (κ2) is 6.75. The molecule has 0 radical (unpaired) electrons. The summed E-state index contributed by atoms with van der Waals surface area (Å²) in [5.74, 6) is -0.843. The van der Waals surface area contributed by atoms with Crippen LogP contribution >= 0.6 is 12.2 Å². The van der Waals surface area contributed by atoms with E-state index in [0.717, 1.165) is 12.1 Å². The van der Waals surface area contributed by atoms with E-state index in [1.165, 1.54) is 18.0 Å². The highest BCUT2D eigenvalue weighted by Crippen LogP contribution is 2.36.